The summed E-state index contributed by atoms with van der Waals surface area (Å²) >= 11 is 0. The molecule has 1 aliphatic rings. The molecule has 168 valence electrons. The molecule has 0 saturated carbocycles. The molecule has 31 heavy (non-hydrogen) atoms. The lowest BCUT2D eigenvalue weighted by Crippen LogP contribution is -2.35. The van der Waals surface area contributed by atoms with Gasteiger partial charge in [0.1, 0.15) is 4.90 Å². The maximum Gasteiger partial charge on any atom is 0.244 e. The number of rotatable bonds is 7. The highest BCUT2D eigenvalue weighted by Gasteiger charge is 2.26. The van der Waals surface area contributed by atoms with Gasteiger partial charge in [0, 0.05) is 27.2 Å². The molecule has 0 aliphatic carbocycles. The van der Waals surface area contributed by atoms with Gasteiger partial charge in [-0.05, 0) is 42.7 Å². The van der Waals surface area contributed by atoms with Gasteiger partial charge in [-0.25, -0.2) is 21.1 Å². The summed E-state index contributed by atoms with van der Waals surface area (Å²) in [5.41, 5.74) is 0.827. The summed E-state index contributed by atoms with van der Waals surface area (Å²) in [5.74, 6) is -0.395. The van der Waals surface area contributed by atoms with Gasteiger partial charge >= 0.3 is 0 Å². The van der Waals surface area contributed by atoms with Gasteiger partial charge in [0.25, 0.3) is 0 Å². The number of anilines is 1. The zero-order valence-electron chi connectivity index (χ0n) is 17.6. The van der Waals surface area contributed by atoms with E-state index in [1.807, 2.05) is 0 Å². The van der Waals surface area contributed by atoms with Crippen LogP contribution in [0.5, 0.6) is 0 Å². The molecule has 1 saturated heterocycles. The first-order valence-electron chi connectivity index (χ1n) is 10.0. The van der Waals surface area contributed by atoms with Gasteiger partial charge in [0.2, 0.25) is 26.0 Å². The van der Waals surface area contributed by atoms with Crippen molar-refractivity contribution in [2.24, 2.45) is 0 Å². The highest BCUT2D eigenvalue weighted by molar-refractivity contribution is 7.89. The molecule has 0 unspecified atom stereocenters. The van der Waals surface area contributed by atoms with Gasteiger partial charge in [0.05, 0.1) is 17.0 Å². The minimum Gasteiger partial charge on any atom is -0.325 e. The summed E-state index contributed by atoms with van der Waals surface area (Å²) in [4.78, 5) is 12.7. The molecule has 8 nitrogen and oxygen atoms in total. The van der Waals surface area contributed by atoms with Crippen molar-refractivity contribution in [2.75, 3.05) is 32.5 Å². The molecular weight excluding hydrogens is 438 g/mol. The molecule has 0 radical (unpaired) electrons. The number of piperidine rings is 1. The lowest BCUT2D eigenvalue weighted by molar-refractivity contribution is -0.115. The maximum atomic E-state index is 12.7. The van der Waals surface area contributed by atoms with E-state index < -0.39 is 26.0 Å². The third-order valence-electron chi connectivity index (χ3n) is 5.16. The number of para-hydroxylation sites is 1. The number of nitrogens with one attached hydrogen (secondary N) is 1. The van der Waals surface area contributed by atoms with Gasteiger partial charge in [-0.3, -0.25) is 4.79 Å². The van der Waals surface area contributed by atoms with Crippen LogP contribution in [0, 0.1) is 0 Å². The molecule has 0 atom stereocenters. The fourth-order valence-electron chi connectivity index (χ4n) is 3.40. The van der Waals surface area contributed by atoms with Crippen LogP contribution in [0.2, 0.25) is 0 Å². The number of hydrogen-bond acceptors (Lipinski definition) is 5. The number of carbonyl (C=O) groups is 1. The molecule has 0 spiro atoms. The smallest absolute Gasteiger partial charge is 0.244 e. The summed E-state index contributed by atoms with van der Waals surface area (Å²) in [7, 11) is -4.39. The molecule has 2 aromatic rings. The van der Waals surface area contributed by atoms with Crippen LogP contribution in [0.25, 0.3) is 0 Å². The number of hydrogen-bond donors (Lipinski definition) is 1. The van der Waals surface area contributed by atoms with Crippen molar-refractivity contribution in [3.63, 3.8) is 0 Å². The number of sulfonamides is 2. The lowest BCUT2D eigenvalue weighted by Gasteiger charge is -2.25. The van der Waals surface area contributed by atoms with Crippen LogP contribution in [0.4, 0.5) is 5.69 Å². The molecule has 3 rings (SSSR count). The highest BCUT2D eigenvalue weighted by Crippen LogP contribution is 2.24. The first-order chi connectivity index (χ1) is 14.6. The molecule has 1 N–H and O–H groups in total. The summed E-state index contributed by atoms with van der Waals surface area (Å²) in [5, 5.41) is 2.65. The second kappa shape index (κ2) is 9.47. The highest BCUT2D eigenvalue weighted by atomic mass is 32.2. The van der Waals surface area contributed by atoms with Gasteiger partial charge in [-0.2, -0.15) is 4.31 Å². The first-order valence-corrected chi connectivity index (χ1v) is 12.9. The fourth-order valence-corrected chi connectivity index (χ4v) is 5.96. The van der Waals surface area contributed by atoms with E-state index in [0.717, 1.165) is 23.6 Å². The summed E-state index contributed by atoms with van der Waals surface area (Å²) in [6, 6.07) is 12.4. The zero-order chi connectivity index (χ0) is 22.6. The Bertz CT molecular complexity index is 1140. The number of benzene rings is 2. The largest absolute Gasteiger partial charge is 0.325 e. The van der Waals surface area contributed by atoms with Crippen molar-refractivity contribution < 1.29 is 21.6 Å². The average molecular weight is 466 g/mol. The molecule has 1 heterocycles. The average Bonchev–Trinajstić information content (AvgIpc) is 2.75. The van der Waals surface area contributed by atoms with Crippen molar-refractivity contribution in [3.05, 3.63) is 54.1 Å². The number of amides is 1. The van der Waals surface area contributed by atoms with Crippen LogP contribution in [-0.4, -0.2) is 58.5 Å². The van der Waals surface area contributed by atoms with Crippen LogP contribution >= 0.6 is 0 Å². The Hall–Kier alpha value is -2.27. The Kier molecular flexibility index (Phi) is 7.15. The Morgan fingerprint density at radius 1 is 0.935 bits per heavy atom. The predicted octanol–water partition coefficient (Wildman–Crippen LogP) is 2.29. The molecule has 1 aliphatic heterocycles. The van der Waals surface area contributed by atoms with E-state index in [-0.39, 0.29) is 21.9 Å². The topological polar surface area (TPSA) is 104 Å². The van der Waals surface area contributed by atoms with E-state index >= 15 is 0 Å². The second-order valence-electron chi connectivity index (χ2n) is 7.62. The first kappa shape index (κ1) is 23.4. The molecule has 10 heteroatoms. The van der Waals surface area contributed by atoms with Crippen molar-refractivity contribution >= 4 is 31.6 Å². The summed E-state index contributed by atoms with van der Waals surface area (Å²) in [6.45, 7) is 1.06. The molecule has 1 fully saturated rings. The van der Waals surface area contributed by atoms with Crippen molar-refractivity contribution in [3.8, 4) is 0 Å². The van der Waals surface area contributed by atoms with Crippen LogP contribution in [0.1, 0.15) is 24.8 Å². The summed E-state index contributed by atoms with van der Waals surface area (Å²) < 4.78 is 53.0. The molecule has 2 aromatic carbocycles. The Labute approximate surface area is 184 Å². The van der Waals surface area contributed by atoms with Gasteiger partial charge < -0.3 is 5.32 Å². The van der Waals surface area contributed by atoms with E-state index in [0.29, 0.717) is 18.7 Å². The van der Waals surface area contributed by atoms with Gasteiger partial charge in [-0.1, -0.05) is 30.7 Å². The van der Waals surface area contributed by atoms with Gasteiger partial charge in [0.15, 0.2) is 0 Å². The Balaban J connectivity index is 1.71. The maximum absolute atomic E-state index is 12.7. The van der Waals surface area contributed by atoms with E-state index in [4.69, 9.17) is 0 Å². The Morgan fingerprint density at radius 3 is 2.16 bits per heavy atom. The molecule has 1 amide bonds. The van der Waals surface area contributed by atoms with Crippen LogP contribution in [-0.2, 0) is 31.3 Å². The monoisotopic (exact) mass is 465 g/mol. The van der Waals surface area contributed by atoms with E-state index in [1.165, 1.54) is 42.7 Å². The Morgan fingerprint density at radius 2 is 1.55 bits per heavy atom. The standard InChI is InChI=1S/C21H27N3O5S2/c1-23(2)31(28,29)20-9-5-4-8-19(20)22-21(25)16-17-10-12-18(13-11-17)30(26,27)24-14-6-3-7-15-24/h4-5,8-13H,3,6-7,14-16H2,1-2H3,(H,22,25). The third-order valence-corrected chi connectivity index (χ3v) is 8.95. The van der Waals surface area contributed by atoms with E-state index in [1.54, 1.807) is 24.3 Å². The quantitative estimate of drug-likeness (QED) is 0.676. The van der Waals surface area contributed by atoms with Crippen LogP contribution in [0.3, 0.4) is 0 Å². The van der Waals surface area contributed by atoms with Crippen molar-refractivity contribution in [2.45, 2.75) is 35.5 Å². The van der Waals surface area contributed by atoms with Gasteiger partial charge in [-0.15, -0.1) is 0 Å². The van der Waals surface area contributed by atoms with Crippen LogP contribution in [0.15, 0.2) is 58.3 Å². The third kappa shape index (κ3) is 5.32. The number of nitrogens with zero attached hydrogens (tertiary/aromatic N) is 2. The second-order valence-corrected chi connectivity index (χ2v) is 11.7. The minimum absolute atomic E-state index is 0.0105. The number of carbonyl (C=O) groups excluding carboxylic acids is 1. The SMILES string of the molecule is CN(C)S(=O)(=O)c1ccccc1NC(=O)Cc1ccc(S(=O)(=O)N2CCCCC2)cc1. The van der Waals surface area contributed by atoms with E-state index in [9.17, 15) is 21.6 Å². The lowest BCUT2D eigenvalue weighted by atomic mass is 10.1. The molecule has 0 aromatic heterocycles. The zero-order valence-corrected chi connectivity index (χ0v) is 19.2. The van der Waals surface area contributed by atoms with Crippen molar-refractivity contribution in [1.82, 2.24) is 8.61 Å². The fraction of sp³-hybridized carbons (Fsp3) is 0.381. The van der Waals surface area contributed by atoms with E-state index in [2.05, 4.69) is 5.32 Å². The molecular formula is C21H27N3O5S2. The minimum atomic E-state index is -3.71. The predicted molar refractivity (Wildman–Crippen MR) is 119 cm³/mol. The normalized spacial score (nSPS) is 15.7. The van der Waals surface area contributed by atoms with Crippen LogP contribution < -0.4 is 5.32 Å². The van der Waals surface area contributed by atoms with Crippen molar-refractivity contribution in [1.29, 1.82) is 0 Å². The summed E-state index contributed by atoms with van der Waals surface area (Å²) in [6.07, 6.45) is 2.75. The molecule has 0 bridgehead atoms.